The average molecular weight is 297 g/mol. The fourth-order valence-electron chi connectivity index (χ4n) is 4.02. The number of nitrogens with one attached hydrogen (secondary N) is 1. The molecule has 5 heteroatoms. The molecule has 2 aliphatic heterocycles. The van der Waals surface area contributed by atoms with Crippen molar-refractivity contribution in [1.82, 2.24) is 5.48 Å². The number of hydroxylamine groups is 1. The summed E-state index contributed by atoms with van der Waals surface area (Å²) in [7, 11) is 0. The summed E-state index contributed by atoms with van der Waals surface area (Å²) >= 11 is 0. The lowest BCUT2D eigenvalue weighted by atomic mass is 9.85. The zero-order valence-electron chi connectivity index (χ0n) is 13.3. The van der Waals surface area contributed by atoms with Crippen LogP contribution >= 0.6 is 0 Å². The van der Waals surface area contributed by atoms with Crippen LogP contribution in [0.4, 0.5) is 0 Å². The van der Waals surface area contributed by atoms with Gasteiger partial charge >= 0.3 is 5.97 Å². The van der Waals surface area contributed by atoms with Crippen molar-refractivity contribution in [2.75, 3.05) is 0 Å². The monoisotopic (exact) mass is 297 g/mol. The molecule has 1 N–H and O–H groups in total. The van der Waals surface area contributed by atoms with Crippen LogP contribution in [-0.2, 0) is 19.1 Å². The molecule has 3 rings (SSSR count). The summed E-state index contributed by atoms with van der Waals surface area (Å²) in [5, 5.41) is 0. The van der Waals surface area contributed by atoms with Crippen LogP contribution in [0.2, 0.25) is 0 Å². The van der Waals surface area contributed by atoms with Gasteiger partial charge in [0.05, 0.1) is 0 Å². The van der Waals surface area contributed by atoms with Gasteiger partial charge in [-0.1, -0.05) is 27.2 Å². The van der Waals surface area contributed by atoms with E-state index in [1.165, 1.54) is 6.42 Å². The van der Waals surface area contributed by atoms with Gasteiger partial charge in [-0.25, -0.2) is 4.79 Å². The van der Waals surface area contributed by atoms with E-state index in [9.17, 15) is 4.79 Å². The smallest absolute Gasteiger partial charge is 0.371 e. The minimum Gasteiger partial charge on any atom is -0.429 e. The zero-order valence-corrected chi connectivity index (χ0v) is 13.3. The van der Waals surface area contributed by atoms with Crippen LogP contribution in [0.15, 0.2) is 0 Å². The summed E-state index contributed by atoms with van der Waals surface area (Å²) in [5.74, 6) is -1.76. The highest BCUT2D eigenvalue weighted by Gasteiger charge is 2.67. The number of hydrogen-bond acceptors (Lipinski definition) is 5. The van der Waals surface area contributed by atoms with E-state index in [4.69, 9.17) is 14.3 Å². The number of carbonyl (C=O) groups is 1. The molecule has 1 aliphatic carbocycles. The van der Waals surface area contributed by atoms with Gasteiger partial charge in [-0.15, -0.1) is 0 Å². The Bertz CT molecular complexity index is 405. The van der Waals surface area contributed by atoms with E-state index in [0.29, 0.717) is 5.92 Å². The molecule has 0 aromatic rings. The molecule has 5 nitrogen and oxygen atoms in total. The first kappa shape index (κ1) is 15.3. The minimum absolute atomic E-state index is 0.00806. The molecular weight excluding hydrogens is 270 g/mol. The van der Waals surface area contributed by atoms with Crippen LogP contribution < -0.4 is 5.48 Å². The van der Waals surface area contributed by atoms with Crippen LogP contribution in [0.1, 0.15) is 65.7 Å². The van der Waals surface area contributed by atoms with Crippen LogP contribution in [-0.4, -0.2) is 23.6 Å². The van der Waals surface area contributed by atoms with Crippen molar-refractivity contribution in [2.45, 2.75) is 83.3 Å². The third-order valence-electron chi connectivity index (χ3n) is 5.02. The molecule has 0 bridgehead atoms. The molecule has 3 atom stereocenters. The summed E-state index contributed by atoms with van der Waals surface area (Å²) in [4.78, 5) is 18.3. The molecule has 2 unspecified atom stereocenters. The number of carbonyl (C=O) groups excluding carboxylic acids is 1. The maximum Gasteiger partial charge on any atom is 0.371 e. The molecule has 2 heterocycles. The standard InChI is InChI=1S/C16H27NO4/c1-4-12-13(10-11(2)3)17-21-16(12)14(18)19-15(20-16)8-6-5-7-9-15/h11-13,17H,4-10H2,1-3H3/t12?,13-,16?/m1/s1. The van der Waals surface area contributed by atoms with Crippen molar-refractivity contribution < 1.29 is 19.1 Å². The molecule has 0 aromatic heterocycles. The molecule has 3 aliphatic rings. The quantitative estimate of drug-likeness (QED) is 0.812. The van der Waals surface area contributed by atoms with Crippen molar-refractivity contribution in [2.24, 2.45) is 11.8 Å². The van der Waals surface area contributed by atoms with E-state index in [-0.39, 0.29) is 17.9 Å². The number of rotatable bonds is 3. The van der Waals surface area contributed by atoms with Gasteiger partial charge in [0, 0.05) is 24.8 Å². The number of esters is 1. The largest absolute Gasteiger partial charge is 0.429 e. The van der Waals surface area contributed by atoms with Crippen LogP contribution in [0.25, 0.3) is 0 Å². The highest BCUT2D eigenvalue weighted by Crippen LogP contribution is 2.49. The van der Waals surface area contributed by atoms with E-state index in [1.807, 2.05) is 0 Å². The number of ether oxygens (including phenoxy) is 2. The fraction of sp³-hybridized carbons (Fsp3) is 0.938. The van der Waals surface area contributed by atoms with Gasteiger partial charge in [0.1, 0.15) is 0 Å². The summed E-state index contributed by atoms with van der Waals surface area (Å²) in [5.41, 5.74) is 3.05. The van der Waals surface area contributed by atoms with Gasteiger partial charge in [0.2, 0.25) is 5.79 Å². The number of hydrogen-bond donors (Lipinski definition) is 1. The molecule has 2 saturated heterocycles. The third-order valence-corrected chi connectivity index (χ3v) is 5.02. The van der Waals surface area contributed by atoms with Gasteiger partial charge in [0.15, 0.2) is 0 Å². The Balaban J connectivity index is 1.81. The van der Waals surface area contributed by atoms with E-state index in [0.717, 1.165) is 38.5 Å². The second-order valence-electron chi connectivity index (χ2n) is 7.10. The molecule has 1 saturated carbocycles. The maximum absolute atomic E-state index is 12.6. The van der Waals surface area contributed by atoms with Crippen molar-refractivity contribution in [3.05, 3.63) is 0 Å². The topological polar surface area (TPSA) is 56.8 Å². The zero-order chi connectivity index (χ0) is 15.1. The Morgan fingerprint density at radius 1 is 1.29 bits per heavy atom. The first-order valence-corrected chi connectivity index (χ1v) is 8.38. The second-order valence-corrected chi connectivity index (χ2v) is 7.10. The highest BCUT2D eigenvalue weighted by atomic mass is 16.9. The highest BCUT2D eigenvalue weighted by molar-refractivity contribution is 5.80. The average Bonchev–Trinajstić information content (AvgIpc) is 2.90. The predicted molar refractivity (Wildman–Crippen MR) is 77.0 cm³/mol. The first-order chi connectivity index (χ1) is 10.0. The van der Waals surface area contributed by atoms with Crippen molar-refractivity contribution in [3.8, 4) is 0 Å². The molecule has 120 valence electrons. The Hall–Kier alpha value is -0.650. The summed E-state index contributed by atoms with van der Waals surface area (Å²) in [6.45, 7) is 6.43. The Kier molecular flexibility index (Phi) is 4.01. The molecule has 2 spiro atoms. The second kappa shape index (κ2) is 5.52. The van der Waals surface area contributed by atoms with Gasteiger partial charge in [-0.05, 0) is 31.6 Å². The lowest BCUT2D eigenvalue weighted by Gasteiger charge is -2.32. The van der Waals surface area contributed by atoms with Gasteiger partial charge in [-0.3, -0.25) is 9.57 Å². The van der Waals surface area contributed by atoms with Crippen LogP contribution in [0, 0.1) is 11.8 Å². The Morgan fingerprint density at radius 3 is 2.62 bits per heavy atom. The molecule has 21 heavy (non-hydrogen) atoms. The van der Waals surface area contributed by atoms with Crippen molar-refractivity contribution >= 4 is 5.97 Å². The van der Waals surface area contributed by atoms with Crippen LogP contribution in [0.3, 0.4) is 0 Å². The summed E-state index contributed by atoms with van der Waals surface area (Å²) in [6.07, 6.45) is 6.64. The van der Waals surface area contributed by atoms with Gasteiger partial charge in [0.25, 0.3) is 5.79 Å². The van der Waals surface area contributed by atoms with E-state index < -0.39 is 11.6 Å². The Morgan fingerprint density at radius 2 is 2.00 bits per heavy atom. The molecular formula is C16H27NO4. The Labute approximate surface area is 126 Å². The third kappa shape index (κ3) is 2.49. The normalized spacial score (nSPS) is 38.6. The summed E-state index contributed by atoms with van der Waals surface area (Å²) < 4.78 is 11.9. The van der Waals surface area contributed by atoms with E-state index in [2.05, 4.69) is 26.3 Å². The lowest BCUT2D eigenvalue weighted by molar-refractivity contribution is -0.281. The van der Waals surface area contributed by atoms with Crippen molar-refractivity contribution in [1.29, 1.82) is 0 Å². The molecule has 0 radical (unpaired) electrons. The lowest BCUT2D eigenvalue weighted by Crippen LogP contribution is -2.45. The fourth-order valence-corrected chi connectivity index (χ4v) is 4.02. The van der Waals surface area contributed by atoms with Gasteiger partial charge in [-0.2, -0.15) is 5.48 Å². The van der Waals surface area contributed by atoms with Crippen LogP contribution in [0.5, 0.6) is 0 Å². The predicted octanol–water partition coefficient (Wildman–Crippen LogP) is 2.89. The first-order valence-electron chi connectivity index (χ1n) is 8.38. The molecule has 3 fully saturated rings. The summed E-state index contributed by atoms with van der Waals surface area (Å²) in [6, 6.07) is 0.140. The minimum atomic E-state index is -1.23. The van der Waals surface area contributed by atoms with Crippen molar-refractivity contribution in [3.63, 3.8) is 0 Å². The molecule has 0 aromatic carbocycles. The van der Waals surface area contributed by atoms with E-state index >= 15 is 0 Å². The molecule has 0 amide bonds. The SMILES string of the molecule is CCC1[C@@H](CC(C)C)NOC12OC1(CCCCC1)OC2=O. The maximum atomic E-state index is 12.6. The van der Waals surface area contributed by atoms with Gasteiger partial charge < -0.3 is 4.74 Å². The van der Waals surface area contributed by atoms with E-state index in [1.54, 1.807) is 0 Å².